The molecular formula is C15H13ClN4O4. The Balaban J connectivity index is 2.39. The Kier molecular flexibility index (Phi) is 3.90. The predicted molar refractivity (Wildman–Crippen MR) is 83.3 cm³/mol. The third-order valence-electron chi connectivity index (χ3n) is 3.76. The minimum Gasteiger partial charge on any atom is -0.860 e. The average molecular weight is 349 g/mol. The molecule has 24 heavy (non-hydrogen) atoms. The van der Waals surface area contributed by atoms with Crippen LogP contribution in [0.25, 0.3) is 0 Å². The average Bonchev–Trinajstić information content (AvgIpc) is 2.83. The fourth-order valence-electron chi connectivity index (χ4n) is 2.72. The zero-order valence-electron chi connectivity index (χ0n) is 12.4. The predicted octanol–water partition coefficient (Wildman–Crippen LogP) is 0.127. The van der Waals surface area contributed by atoms with Crippen LogP contribution in [0.15, 0.2) is 33.9 Å². The molecule has 0 unspecified atom stereocenters. The van der Waals surface area contributed by atoms with E-state index >= 15 is 0 Å². The molecular weight excluding hydrogens is 336 g/mol. The van der Waals surface area contributed by atoms with Crippen molar-refractivity contribution in [2.24, 2.45) is 0 Å². The number of rotatable bonds is 3. The number of aromatic hydroxyl groups is 1. The van der Waals surface area contributed by atoms with Crippen LogP contribution in [0.2, 0.25) is 5.02 Å². The molecule has 1 aromatic carbocycles. The van der Waals surface area contributed by atoms with Gasteiger partial charge in [0.2, 0.25) is 0 Å². The first-order chi connectivity index (χ1) is 11.4. The second kappa shape index (κ2) is 5.89. The van der Waals surface area contributed by atoms with E-state index in [1.807, 2.05) is 9.97 Å². The quantitative estimate of drug-likeness (QED) is 0.534. The second-order valence-electron chi connectivity index (χ2n) is 5.24. The lowest BCUT2D eigenvalue weighted by molar-refractivity contribution is -0.462. The molecule has 2 aromatic heterocycles. The van der Waals surface area contributed by atoms with Crippen molar-refractivity contribution in [3.8, 4) is 11.8 Å². The van der Waals surface area contributed by atoms with Crippen molar-refractivity contribution in [3.63, 3.8) is 0 Å². The molecule has 9 heteroatoms. The molecule has 3 rings (SSSR count). The van der Waals surface area contributed by atoms with Gasteiger partial charge in [0.15, 0.2) is 0 Å². The van der Waals surface area contributed by atoms with Crippen LogP contribution in [0.1, 0.15) is 28.3 Å². The Morgan fingerprint density at radius 1 is 1.21 bits per heavy atom. The van der Waals surface area contributed by atoms with Crippen molar-refractivity contribution in [1.29, 1.82) is 0 Å². The lowest BCUT2D eigenvalue weighted by Crippen LogP contribution is -2.30. The standard InChI is InChI=1S/C15H13ClN4O4/c1-6-9(14(23)20-19-6)10(7-4-2-3-5-8(7)16)11-12(21)17-15(24)18-13(11)22/h2-5,10H,1H3,(H2,19,20,23)(H3,17,18,21,22,24)/t10-/m1/s1. The summed E-state index contributed by atoms with van der Waals surface area (Å²) in [6, 6.07) is 6.65. The lowest BCUT2D eigenvalue weighted by Gasteiger charge is -2.21. The van der Waals surface area contributed by atoms with Gasteiger partial charge in [-0.15, -0.1) is 0 Å². The van der Waals surface area contributed by atoms with Crippen LogP contribution in [-0.2, 0) is 0 Å². The van der Waals surface area contributed by atoms with Crippen molar-refractivity contribution < 1.29 is 15.3 Å². The maximum absolute atomic E-state index is 12.3. The molecule has 0 radical (unpaired) electrons. The van der Waals surface area contributed by atoms with E-state index in [1.54, 1.807) is 31.2 Å². The summed E-state index contributed by atoms with van der Waals surface area (Å²) in [6.07, 6.45) is 0. The fraction of sp³-hybridized carbons (Fsp3) is 0.133. The highest BCUT2D eigenvalue weighted by Gasteiger charge is 2.31. The highest BCUT2D eigenvalue weighted by Crippen LogP contribution is 2.39. The molecule has 0 bridgehead atoms. The molecule has 1 atom stereocenters. The molecule has 0 aliphatic carbocycles. The number of halogens is 1. The molecule has 3 aromatic rings. The lowest BCUT2D eigenvalue weighted by atomic mass is 9.86. The van der Waals surface area contributed by atoms with Crippen LogP contribution < -0.4 is 21.5 Å². The number of hydrogen-bond acceptors (Lipinski definition) is 4. The zero-order chi connectivity index (χ0) is 17.4. The van der Waals surface area contributed by atoms with E-state index in [0.717, 1.165) is 0 Å². The number of aromatic amines is 4. The summed E-state index contributed by atoms with van der Waals surface area (Å²) in [4.78, 5) is 27.7. The monoisotopic (exact) mass is 348 g/mol. The second-order valence-corrected chi connectivity index (χ2v) is 5.65. The van der Waals surface area contributed by atoms with Gasteiger partial charge >= 0.3 is 11.6 Å². The molecule has 0 saturated carbocycles. The Hall–Kier alpha value is -3.00. The summed E-state index contributed by atoms with van der Waals surface area (Å²) in [5, 5.41) is 28.0. The Bertz CT molecular complexity index is 1000. The molecule has 8 nitrogen and oxygen atoms in total. The topological polar surface area (TPSA) is 139 Å². The molecule has 0 aliphatic rings. The number of aromatic nitrogens is 4. The number of nitrogens with one attached hydrogen (secondary N) is 4. The van der Waals surface area contributed by atoms with Gasteiger partial charge in [-0.2, -0.15) is 5.10 Å². The summed E-state index contributed by atoms with van der Waals surface area (Å²) < 4.78 is 0. The van der Waals surface area contributed by atoms with Crippen LogP contribution >= 0.6 is 11.6 Å². The van der Waals surface area contributed by atoms with Gasteiger partial charge in [0.1, 0.15) is 5.56 Å². The number of aryl methyl sites for hydroxylation is 1. The molecule has 2 heterocycles. The summed E-state index contributed by atoms with van der Waals surface area (Å²) in [7, 11) is 0. The molecule has 5 N–H and O–H groups in total. The van der Waals surface area contributed by atoms with Crippen LogP contribution in [0.3, 0.4) is 0 Å². The highest BCUT2D eigenvalue weighted by molar-refractivity contribution is 6.31. The van der Waals surface area contributed by atoms with E-state index in [1.165, 1.54) is 0 Å². The molecule has 124 valence electrons. The maximum Gasteiger partial charge on any atom is 0.393 e. The number of H-pyrrole nitrogens is 4. The first-order valence-corrected chi connectivity index (χ1v) is 7.35. The third kappa shape index (κ3) is 2.56. The van der Waals surface area contributed by atoms with Gasteiger partial charge in [-0.25, -0.2) is 4.79 Å². The largest absolute Gasteiger partial charge is 0.860 e. The molecule has 0 fully saturated rings. The Labute approximate surface area is 139 Å². The van der Waals surface area contributed by atoms with Crippen molar-refractivity contribution in [3.05, 3.63) is 72.5 Å². The van der Waals surface area contributed by atoms with Crippen LogP contribution in [0.4, 0.5) is 0 Å². The first-order valence-electron chi connectivity index (χ1n) is 6.97. The van der Waals surface area contributed by atoms with Gasteiger partial charge in [0, 0.05) is 10.6 Å². The maximum atomic E-state index is 12.3. The van der Waals surface area contributed by atoms with Gasteiger partial charge in [0.25, 0.3) is 5.56 Å². The van der Waals surface area contributed by atoms with Gasteiger partial charge in [0.05, 0.1) is 11.6 Å². The van der Waals surface area contributed by atoms with Gasteiger partial charge in [-0.05, 0) is 24.4 Å². The first kappa shape index (κ1) is 15.9. The SMILES string of the molecule is Cc1[nH][nH+]c(O)c1[C@@H](c1ccccc1Cl)c1c([O-])[nH]c(=O)[nH]c1=O. The molecule has 0 saturated heterocycles. The van der Waals surface area contributed by atoms with Gasteiger partial charge in [-0.1, -0.05) is 34.9 Å². The van der Waals surface area contributed by atoms with Gasteiger partial charge < -0.3 is 15.2 Å². The summed E-state index contributed by atoms with van der Waals surface area (Å²) in [6.45, 7) is 1.67. The third-order valence-corrected chi connectivity index (χ3v) is 4.11. The smallest absolute Gasteiger partial charge is 0.393 e. The fourth-order valence-corrected chi connectivity index (χ4v) is 2.97. The normalized spacial score (nSPS) is 12.2. The summed E-state index contributed by atoms with van der Waals surface area (Å²) >= 11 is 6.24. The van der Waals surface area contributed by atoms with E-state index < -0.39 is 23.0 Å². The van der Waals surface area contributed by atoms with Crippen molar-refractivity contribution in [2.75, 3.05) is 0 Å². The van der Waals surface area contributed by atoms with Crippen LogP contribution in [-0.4, -0.2) is 20.2 Å². The number of benzene rings is 1. The van der Waals surface area contributed by atoms with E-state index in [2.05, 4.69) is 10.2 Å². The van der Waals surface area contributed by atoms with E-state index in [9.17, 15) is 19.8 Å². The minimum absolute atomic E-state index is 0.234. The van der Waals surface area contributed by atoms with Crippen molar-refractivity contribution in [1.82, 2.24) is 15.1 Å². The summed E-state index contributed by atoms with van der Waals surface area (Å²) in [5.41, 5.74) is -0.726. The van der Waals surface area contributed by atoms with E-state index in [0.29, 0.717) is 16.3 Å². The molecule has 0 amide bonds. The summed E-state index contributed by atoms with van der Waals surface area (Å²) in [5.74, 6) is -2.04. The van der Waals surface area contributed by atoms with Gasteiger partial charge in [-0.3, -0.25) is 9.78 Å². The van der Waals surface area contributed by atoms with Crippen molar-refractivity contribution >= 4 is 11.6 Å². The highest BCUT2D eigenvalue weighted by atomic mass is 35.5. The van der Waals surface area contributed by atoms with E-state index in [4.69, 9.17) is 11.6 Å². The van der Waals surface area contributed by atoms with E-state index in [-0.39, 0.29) is 17.0 Å². The van der Waals surface area contributed by atoms with Crippen molar-refractivity contribution in [2.45, 2.75) is 12.8 Å². The number of hydrogen-bond donors (Lipinski definition) is 4. The minimum atomic E-state index is -0.964. The van der Waals surface area contributed by atoms with Crippen LogP contribution in [0.5, 0.6) is 11.8 Å². The molecule has 0 aliphatic heterocycles. The molecule has 0 spiro atoms. The van der Waals surface area contributed by atoms with Crippen LogP contribution in [0, 0.1) is 6.92 Å². The Morgan fingerprint density at radius 2 is 1.92 bits per heavy atom. The Morgan fingerprint density at radius 3 is 2.50 bits per heavy atom. The zero-order valence-corrected chi connectivity index (χ0v) is 13.2.